The molecule has 0 amide bonds. The van der Waals surface area contributed by atoms with Gasteiger partial charge in [0.1, 0.15) is 0 Å². The van der Waals surface area contributed by atoms with Gasteiger partial charge in [-0.25, -0.2) is 8.42 Å². The summed E-state index contributed by atoms with van der Waals surface area (Å²) >= 11 is 5.79. The third kappa shape index (κ3) is 3.95. The van der Waals surface area contributed by atoms with Crippen molar-refractivity contribution in [3.05, 3.63) is 29.3 Å². The van der Waals surface area contributed by atoms with Crippen molar-refractivity contribution in [1.82, 2.24) is 10.2 Å². The van der Waals surface area contributed by atoms with Crippen LogP contribution in [-0.2, 0) is 9.84 Å². The number of hydrogen-bond acceptors (Lipinski definition) is 4. The summed E-state index contributed by atoms with van der Waals surface area (Å²) in [5, 5.41) is 3.87. The number of halogens is 1. The highest BCUT2D eigenvalue weighted by Crippen LogP contribution is 2.16. The van der Waals surface area contributed by atoms with Crippen LogP contribution in [0.5, 0.6) is 0 Å². The van der Waals surface area contributed by atoms with Gasteiger partial charge in [0.05, 0.1) is 10.6 Å². The van der Waals surface area contributed by atoms with E-state index in [4.69, 9.17) is 11.6 Å². The molecule has 1 aliphatic rings. The second-order valence-electron chi connectivity index (χ2n) is 5.05. The topological polar surface area (TPSA) is 49.4 Å². The summed E-state index contributed by atoms with van der Waals surface area (Å²) in [5.41, 5.74) is 0. The van der Waals surface area contributed by atoms with Crippen molar-refractivity contribution in [2.75, 3.05) is 31.9 Å². The number of rotatable bonds is 6. The Morgan fingerprint density at radius 3 is 2.60 bits per heavy atom. The smallest absolute Gasteiger partial charge is 0.179 e. The lowest BCUT2D eigenvalue weighted by Crippen LogP contribution is -2.39. The minimum atomic E-state index is -3.23. The maximum atomic E-state index is 12.3. The molecular weight excluding hydrogens is 296 g/mol. The number of nitrogens with one attached hydrogen (secondary N) is 1. The molecule has 6 heteroatoms. The molecule has 0 saturated carbocycles. The van der Waals surface area contributed by atoms with E-state index in [1.165, 1.54) is 0 Å². The van der Waals surface area contributed by atoms with Crippen molar-refractivity contribution in [2.45, 2.75) is 24.3 Å². The second kappa shape index (κ2) is 6.89. The molecule has 0 radical (unpaired) electrons. The first-order valence-corrected chi connectivity index (χ1v) is 8.99. The van der Waals surface area contributed by atoms with Crippen LogP contribution in [0, 0.1) is 0 Å². The molecule has 112 valence electrons. The quantitative estimate of drug-likeness (QED) is 0.869. The van der Waals surface area contributed by atoms with Crippen LogP contribution in [0.25, 0.3) is 0 Å². The van der Waals surface area contributed by atoms with E-state index in [1.807, 2.05) is 0 Å². The summed E-state index contributed by atoms with van der Waals surface area (Å²) in [7, 11) is -3.23. The van der Waals surface area contributed by atoms with Gasteiger partial charge < -0.3 is 5.32 Å². The van der Waals surface area contributed by atoms with Crippen LogP contribution >= 0.6 is 11.6 Å². The Hall–Kier alpha value is -0.620. The van der Waals surface area contributed by atoms with E-state index in [9.17, 15) is 8.42 Å². The molecule has 20 heavy (non-hydrogen) atoms. The largest absolute Gasteiger partial charge is 0.315 e. The Labute approximate surface area is 126 Å². The molecule has 1 unspecified atom stereocenters. The van der Waals surface area contributed by atoms with Gasteiger partial charge in [-0.05, 0) is 43.8 Å². The molecular formula is C14H21ClN2O2S. The minimum Gasteiger partial charge on any atom is -0.315 e. The van der Waals surface area contributed by atoms with Gasteiger partial charge in [0.2, 0.25) is 0 Å². The molecule has 2 rings (SSSR count). The van der Waals surface area contributed by atoms with E-state index >= 15 is 0 Å². The van der Waals surface area contributed by atoms with Crippen molar-refractivity contribution in [1.29, 1.82) is 0 Å². The average Bonchev–Trinajstić information content (AvgIpc) is 2.94. The zero-order valence-corrected chi connectivity index (χ0v) is 13.3. The molecule has 1 N–H and O–H groups in total. The van der Waals surface area contributed by atoms with Crippen molar-refractivity contribution in [2.24, 2.45) is 0 Å². The maximum Gasteiger partial charge on any atom is 0.179 e. The summed E-state index contributed by atoms with van der Waals surface area (Å²) in [6.45, 7) is 5.50. The summed E-state index contributed by atoms with van der Waals surface area (Å²) < 4.78 is 24.6. The predicted molar refractivity (Wildman–Crippen MR) is 82.0 cm³/mol. The minimum absolute atomic E-state index is 0.152. The Morgan fingerprint density at radius 2 is 2.05 bits per heavy atom. The molecule has 1 atom stereocenters. The lowest BCUT2D eigenvalue weighted by Gasteiger charge is -2.26. The number of benzene rings is 1. The van der Waals surface area contributed by atoms with E-state index in [0.29, 0.717) is 22.5 Å². The van der Waals surface area contributed by atoms with Crippen LogP contribution in [0.1, 0.15) is 13.3 Å². The van der Waals surface area contributed by atoms with Crippen LogP contribution in [0.2, 0.25) is 5.02 Å². The van der Waals surface area contributed by atoms with Crippen molar-refractivity contribution in [3.63, 3.8) is 0 Å². The zero-order chi connectivity index (χ0) is 14.6. The number of hydrogen-bond donors (Lipinski definition) is 1. The third-order valence-electron chi connectivity index (χ3n) is 3.78. The fraction of sp³-hybridized carbons (Fsp3) is 0.571. The van der Waals surface area contributed by atoms with Crippen LogP contribution in [0.4, 0.5) is 0 Å². The lowest BCUT2D eigenvalue weighted by molar-refractivity contribution is 0.232. The SMILES string of the molecule is CCN(CCS(=O)(=O)c1ccc(Cl)cc1)C1CCNC1. The molecule has 4 nitrogen and oxygen atoms in total. The Morgan fingerprint density at radius 1 is 1.35 bits per heavy atom. The second-order valence-corrected chi connectivity index (χ2v) is 7.59. The van der Waals surface area contributed by atoms with E-state index in [2.05, 4.69) is 17.1 Å². The maximum absolute atomic E-state index is 12.3. The van der Waals surface area contributed by atoms with Crippen LogP contribution in [-0.4, -0.2) is 51.3 Å². The van der Waals surface area contributed by atoms with Gasteiger partial charge in [-0.2, -0.15) is 0 Å². The molecule has 1 heterocycles. The van der Waals surface area contributed by atoms with E-state index in [-0.39, 0.29) is 5.75 Å². The first kappa shape index (κ1) is 15.8. The third-order valence-corrected chi connectivity index (χ3v) is 5.74. The first-order chi connectivity index (χ1) is 9.53. The Kier molecular flexibility index (Phi) is 5.43. The van der Waals surface area contributed by atoms with Crippen LogP contribution in [0.15, 0.2) is 29.2 Å². The molecule has 1 saturated heterocycles. The molecule has 0 bridgehead atoms. The predicted octanol–water partition coefficient (Wildman–Crippen LogP) is 1.80. The number of sulfone groups is 1. The van der Waals surface area contributed by atoms with Gasteiger partial charge in [-0.3, -0.25) is 4.90 Å². The lowest BCUT2D eigenvalue weighted by atomic mass is 10.2. The molecule has 0 spiro atoms. The molecule has 0 aromatic heterocycles. The van der Waals surface area contributed by atoms with E-state index < -0.39 is 9.84 Å². The monoisotopic (exact) mass is 316 g/mol. The summed E-state index contributed by atoms with van der Waals surface area (Å²) in [4.78, 5) is 2.59. The fourth-order valence-electron chi connectivity index (χ4n) is 2.55. The average molecular weight is 317 g/mol. The molecule has 1 fully saturated rings. The van der Waals surface area contributed by atoms with E-state index in [1.54, 1.807) is 24.3 Å². The Balaban J connectivity index is 1.99. The highest BCUT2D eigenvalue weighted by atomic mass is 35.5. The summed E-state index contributed by atoms with van der Waals surface area (Å²) in [6.07, 6.45) is 1.09. The standard InChI is InChI=1S/C14H21ClN2O2S/c1-2-17(13-7-8-16-11-13)9-10-20(18,19)14-5-3-12(15)4-6-14/h3-6,13,16H,2,7-11H2,1H3. The number of nitrogens with zero attached hydrogens (tertiary/aromatic N) is 1. The van der Waals surface area contributed by atoms with Gasteiger partial charge in [-0.15, -0.1) is 0 Å². The van der Waals surface area contributed by atoms with Crippen LogP contribution < -0.4 is 5.32 Å². The summed E-state index contributed by atoms with van der Waals surface area (Å²) in [6, 6.07) is 6.84. The van der Waals surface area contributed by atoms with Crippen molar-refractivity contribution < 1.29 is 8.42 Å². The van der Waals surface area contributed by atoms with Gasteiger partial charge >= 0.3 is 0 Å². The molecule has 1 aromatic carbocycles. The highest BCUT2D eigenvalue weighted by Gasteiger charge is 2.23. The summed E-state index contributed by atoms with van der Waals surface area (Å²) in [5.74, 6) is 0.152. The highest BCUT2D eigenvalue weighted by molar-refractivity contribution is 7.91. The Bertz CT molecular complexity index is 525. The van der Waals surface area contributed by atoms with Crippen LogP contribution in [0.3, 0.4) is 0 Å². The molecule has 1 aliphatic heterocycles. The number of likely N-dealkylation sites (N-methyl/N-ethyl adjacent to an activating group) is 1. The van der Waals surface area contributed by atoms with Gasteiger partial charge in [0.15, 0.2) is 9.84 Å². The van der Waals surface area contributed by atoms with Gasteiger partial charge in [-0.1, -0.05) is 18.5 Å². The first-order valence-electron chi connectivity index (χ1n) is 6.96. The normalized spacial score (nSPS) is 19.6. The van der Waals surface area contributed by atoms with Gasteiger partial charge in [0.25, 0.3) is 0 Å². The molecule has 1 aromatic rings. The van der Waals surface area contributed by atoms with Gasteiger partial charge in [0, 0.05) is 24.2 Å². The zero-order valence-electron chi connectivity index (χ0n) is 11.7. The van der Waals surface area contributed by atoms with Crippen molar-refractivity contribution >= 4 is 21.4 Å². The van der Waals surface area contributed by atoms with Crippen molar-refractivity contribution in [3.8, 4) is 0 Å². The van der Waals surface area contributed by atoms with E-state index in [0.717, 1.165) is 26.1 Å². The fourth-order valence-corrected chi connectivity index (χ4v) is 3.93. The molecule has 0 aliphatic carbocycles.